The smallest absolute Gasteiger partial charge is 0.228 e. The Bertz CT molecular complexity index is 656. The molecule has 2 aromatic rings. The van der Waals surface area contributed by atoms with Crippen LogP contribution >= 0.6 is 23.2 Å². The molecule has 3 nitrogen and oxygen atoms in total. The van der Waals surface area contributed by atoms with Crippen LogP contribution in [-0.2, 0) is 11.2 Å². The average molecular weight is 309 g/mol. The number of benzene rings is 2. The number of nitrogens with two attached hydrogens (primary N) is 1. The minimum absolute atomic E-state index is 0.154. The molecule has 2 rings (SSSR count). The van der Waals surface area contributed by atoms with Crippen LogP contribution in [-0.4, -0.2) is 5.91 Å². The molecule has 0 heterocycles. The maximum absolute atomic E-state index is 12.0. The zero-order valence-electron chi connectivity index (χ0n) is 10.9. The summed E-state index contributed by atoms with van der Waals surface area (Å²) in [6, 6.07) is 10.6. The van der Waals surface area contributed by atoms with Gasteiger partial charge in [0.1, 0.15) is 0 Å². The predicted molar refractivity (Wildman–Crippen MR) is 84.4 cm³/mol. The van der Waals surface area contributed by atoms with Gasteiger partial charge in [-0.15, -0.1) is 0 Å². The number of amides is 1. The van der Waals surface area contributed by atoms with Crippen molar-refractivity contribution in [2.45, 2.75) is 13.3 Å². The van der Waals surface area contributed by atoms with E-state index >= 15 is 0 Å². The van der Waals surface area contributed by atoms with Crippen molar-refractivity contribution in [2.75, 3.05) is 11.1 Å². The molecule has 0 bridgehead atoms. The highest BCUT2D eigenvalue weighted by atomic mass is 35.5. The van der Waals surface area contributed by atoms with Gasteiger partial charge in [-0.05, 0) is 42.3 Å². The van der Waals surface area contributed by atoms with E-state index in [9.17, 15) is 4.79 Å². The van der Waals surface area contributed by atoms with Gasteiger partial charge in [-0.1, -0.05) is 35.3 Å². The van der Waals surface area contributed by atoms with Crippen molar-refractivity contribution < 1.29 is 4.79 Å². The highest BCUT2D eigenvalue weighted by molar-refractivity contribution is 6.42. The summed E-state index contributed by atoms with van der Waals surface area (Å²) in [5, 5.41) is 3.69. The van der Waals surface area contributed by atoms with Crippen molar-refractivity contribution in [3.8, 4) is 0 Å². The van der Waals surface area contributed by atoms with Crippen molar-refractivity contribution in [3.63, 3.8) is 0 Å². The molecule has 2 aromatic carbocycles. The Balaban J connectivity index is 2.07. The summed E-state index contributed by atoms with van der Waals surface area (Å²) in [6.45, 7) is 1.94. The van der Waals surface area contributed by atoms with E-state index in [0.717, 1.165) is 11.1 Å². The summed E-state index contributed by atoms with van der Waals surface area (Å²) < 4.78 is 0. The van der Waals surface area contributed by atoms with Crippen molar-refractivity contribution >= 4 is 40.5 Å². The monoisotopic (exact) mass is 308 g/mol. The molecule has 0 atom stereocenters. The minimum atomic E-state index is -0.154. The number of hydrogen-bond acceptors (Lipinski definition) is 2. The summed E-state index contributed by atoms with van der Waals surface area (Å²) in [5.41, 5.74) is 8.85. The first-order valence-electron chi connectivity index (χ1n) is 6.05. The number of nitrogen functional groups attached to an aromatic ring is 1. The lowest BCUT2D eigenvalue weighted by Crippen LogP contribution is -2.15. The molecule has 0 unspecified atom stereocenters. The number of hydrogen-bond donors (Lipinski definition) is 2. The maximum Gasteiger partial charge on any atom is 0.228 e. The fourth-order valence-electron chi connectivity index (χ4n) is 1.83. The fraction of sp³-hybridized carbons (Fsp3) is 0.133. The molecule has 0 saturated carbocycles. The summed E-state index contributed by atoms with van der Waals surface area (Å²) in [4.78, 5) is 12.0. The molecule has 0 fully saturated rings. The second-order valence-corrected chi connectivity index (χ2v) is 5.38. The van der Waals surface area contributed by atoms with Gasteiger partial charge in [0.15, 0.2) is 0 Å². The molecule has 0 aromatic heterocycles. The van der Waals surface area contributed by atoms with Crippen LogP contribution in [0.2, 0.25) is 10.0 Å². The Morgan fingerprint density at radius 3 is 2.55 bits per heavy atom. The average Bonchev–Trinajstić information content (AvgIpc) is 2.37. The van der Waals surface area contributed by atoms with Crippen molar-refractivity contribution in [2.24, 2.45) is 0 Å². The molecule has 0 radical (unpaired) electrons. The Kier molecular flexibility index (Phi) is 4.53. The second-order valence-electron chi connectivity index (χ2n) is 4.56. The summed E-state index contributed by atoms with van der Waals surface area (Å²) in [6.07, 6.45) is 0.213. The van der Waals surface area contributed by atoms with Crippen molar-refractivity contribution in [3.05, 3.63) is 57.6 Å². The van der Waals surface area contributed by atoms with Crippen LogP contribution in [0, 0.1) is 6.92 Å². The largest absolute Gasteiger partial charge is 0.397 e. The molecule has 5 heteroatoms. The Morgan fingerprint density at radius 2 is 1.90 bits per heavy atom. The first kappa shape index (κ1) is 14.7. The molecule has 20 heavy (non-hydrogen) atoms. The van der Waals surface area contributed by atoms with Gasteiger partial charge < -0.3 is 11.1 Å². The van der Waals surface area contributed by atoms with Gasteiger partial charge in [-0.2, -0.15) is 0 Å². The Morgan fingerprint density at radius 1 is 1.15 bits per heavy atom. The third-order valence-electron chi connectivity index (χ3n) is 2.83. The van der Waals surface area contributed by atoms with E-state index < -0.39 is 0 Å². The fourth-order valence-corrected chi connectivity index (χ4v) is 2.15. The zero-order valence-corrected chi connectivity index (χ0v) is 12.4. The molecule has 3 N–H and O–H groups in total. The topological polar surface area (TPSA) is 55.1 Å². The van der Waals surface area contributed by atoms with Crippen molar-refractivity contribution in [1.82, 2.24) is 0 Å². The quantitative estimate of drug-likeness (QED) is 0.840. The number of aryl methyl sites for hydroxylation is 1. The number of rotatable bonds is 3. The lowest BCUT2D eigenvalue weighted by atomic mass is 10.1. The van der Waals surface area contributed by atoms with E-state index in [1.807, 2.05) is 19.1 Å². The van der Waals surface area contributed by atoms with E-state index in [1.54, 1.807) is 24.3 Å². The molecular formula is C15H14Cl2N2O. The van der Waals surface area contributed by atoms with Gasteiger partial charge in [-0.25, -0.2) is 0 Å². The van der Waals surface area contributed by atoms with E-state index in [2.05, 4.69) is 5.32 Å². The first-order valence-corrected chi connectivity index (χ1v) is 6.81. The van der Waals surface area contributed by atoms with Crippen LogP contribution in [0.15, 0.2) is 36.4 Å². The molecule has 104 valence electrons. The molecule has 0 aliphatic rings. The number of halogens is 2. The SMILES string of the molecule is Cc1ccc(NC(=O)Cc2ccc(Cl)c(Cl)c2)c(N)c1. The third kappa shape index (κ3) is 3.65. The van der Waals surface area contributed by atoms with E-state index in [0.29, 0.717) is 21.4 Å². The number of carbonyl (C=O) groups excluding carboxylic acids is 1. The summed E-state index contributed by atoms with van der Waals surface area (Å²) in [5.74, 6) is -0.154. The maximum atomic E-state index is 12.0. The summed E-state index contributed by atoms with van der Waals surface area (Å²) in [7, 11) is 0. The number of anilines is 2. The highest BCUT2D eigenvalue weighted by Gasteiger charge is 2.08. The summed E-state index contributed by atoms with van der Waals surface area (Å²) >= 11 is 11.7. The molecule has 0 aliphatic carbocycles. The van der Waals surface area contributed by atoms with Crippen molar-refractivity contribution in [1.29, 1.82) is 0 Å². The van der Waals surface area contributed by atoms with E-state index in [1.165, 1.54) is 0 Å². The lowest BCUT2D eigenvalue weighted by molar-refractivity contribution is -0.115. The van der Waals surface area contributed by atoms with Gasteiger partial charge in [-0.3, -0.25) is 4.79 Å². The van der Waals surface area contributed by atoms with Crippen LogP contribution in [0.5, 0.6) is 0 Å². The van der Waals surface area contributed by atoms with Crippen LogP contribution < -0.4 is 11.1 Å². The Labute approximate surface area is 127 Å². The molecule has 0 saturated heterocycles. The van der Waals surface area contributed by atoms with Gasteiger partial charge in [0, 0.05) is 0 Å². The molecule has 1 amide bonds. The standard InChI is InChI=1S/C15H14Cl2N2O/c1-9-2-5-14(13(18)6-9)19-15(20)8-10-3-4-11(16)12(17)7-10/h2-7H,8,18H2,1H3,(H,19,20). The zero-order chi connectivity index (χ0) is 14.7. The Hall–Kier alpha value is -1.71. The van der Waals surface area contributed by atoms with E-state index in [-0.39, 0.29) is 12.3 Å². The van der Waals surface area contributed by atoms with Crippen LogP contribution in [0.4, 0.5) is 11.4 Å². The highest BCUT2D eigenvalue weighted by Crippen LogP contribution is 2.23. The van der Waals surface area contributed by atoms with Gasteiger partial charge in [0.2, 0.25) is 5.91 Å². The van der Waals surface area contributed by atoms with Gasteiger partial charge in [0.25, 0.3) is 0 Å². The third-order valence-corrected chi connectivity index (χ3v) is 3.57. The van der Waals surface area contributed by atoms with Crippen LogP contribution in [0.3, 0.4) is 0 Å². The second kappa shape index (κ2) is 6.16. The van der Waals surface area contributed by atoms with Crippen LogP contribution in [0.1, 0.15) is 11.1 Å². The van der Waals surface area contributed by atoms with Crippen LogP contribution in [0.25, 0.3) is 0 Å². The van der Waals surface area contributed by atoms with Gasteiger partial charge in [0.05, 0.1) is 27.8 Å². The van der Waals surface area contributed by atoms with Gasteiger partial charge >= 0.3 is 0 Å². The number of nitrogens with one attached hydrogen (secondary N) is 1. The molecular weight excluding hydrogens is 295 g/mol. The minimum Gasteiger partial charge on any atom is -0.397 e. The normalized spacial score (nSPS) is 10.3. The first-order chi connectivity index (χ1) is 9.45. The molecule has 0 spiro atoms. The predicted octanol–water partition coefficient (Wildman–Crippen LogP) is 4.07. The van der Waals surface area contributed by atoms with E-state index in [4.69, 9.17) is 28.9 Å². The lowest BCUT2D eigenvalue weighted by Gasteiger charge is -2.09. The molecule has 0 aliphatic heterocycles. The number of carbonyl (C=O) groups is 1.